The zero-order valence-electron chi connectivity index (χ0n) is 11.2. The summed E-state index contributed by atoms with van der Waals surface area (Å²) in [7, 11) is 0. The molecule has 0 spiro atoms. The van der Waals surface area contributed by atoms with Gasteiger partial charge >= 0.3 is 11.9 Å². The maximum atomic E-state index is 11.3. The molecule has 2 amide bonds. The van der Waals surface area contributed by atoms with Gasteiger partial charge in [-0.15, -0.1) is 0 Å². The minimum absolute atomic E-state index is 0.0206. The number of carbonyl (C=O) groups is 4. The van der Waals surface area contributed by atoms with Crippen molar-refractivity contribution < 1.29 is 29.4 Å². The first-order valence-electron chi connectivity index (χ1n) is 5.75. The molecule has 0 aromatic carbocycles. The van der Waals surface area contributed by atoms with Crippen LogP contribution in [0.1, 0.15) is 12.8 Å². The number of nitrogens with one attached hydrogen (secondary N) is 1. The van der Waals surface area contributed by atoms with E-state index in [9.17, 15) is 19.2 Å². The summed E-state index contributed by atoms with van der Waals surface area (Å²) in [5, 5.41) is 18.4. The lowest BCUT2D eigenvalue weighted by Gasteiger charge is -2.15. The first-order chi connectivity index (χ1) is 9.65. The fraction of sp³-hybridized carbons (Fsp3) is 0.600. The van der Waals surface area contributed by atoms with Gasteiger partial charge in [-0.05, 0) is 6.42 Å². The number of carboxylic acids is 2. The number of rotatable bonds is 8. The predicted octanol–water partition coefficient (Wildman–Crippen LogP) is -2.89. The van der Waals surface area contributed by atoms with Gasteiger partial charge in [0.1, 0.15) is 6.04 Å². The van der Waals surface area contributed by atoms with E-state index >= 15 is 0 Å². The molecule has 0 aliphatic rings. The third-order valence-electron chi connectivity index (χ3n) is 2.01. The van der Waals surface area contributed by atoms with Gasteiger partial charge in [0, 0.05) is 12.2 Å². The first-order valence-corrected chi connectivity index (χ1v) is 6.38. The molecule has 0 saturated heterocycles. The summed E-state index contributed by atoms with van der Waals surface area (Å²) in [6.45, 7) is -0.278. The van der Waals surface area contributed by atoms with Crippen molar-refractivity contribution in [3.05, 3.63) is 0 Å². The van der Waals surface area contributed by atoms with E-state index in [2.05, 4.69) is 23.7 Å². The first kappa shape index (κ1) is 21.4. The normalized spacial score (nSPS) is 12.3. The molecule has 2 atom stereocenters. The number of aliphatic carboxylic acids is 2. The Hall–Kier alpha value is -1.85. The van der Waals surface area contributed by atoms with Gasteiger partial charge in [0.2, 0.25) is 11.8 Å². The number of carbonyl (C=O) groups excluding carboxylic acids is 2. The Kier molecular flexibility index (Phi) is 12.2. The second-order valence-corrected chi connectivity index (χ2v) is 4.16. The molecule has 0 rings (SSSR count). The van der Waals surface area contributed by atoms with Crippen LogP contribution in [0, 0.1) is 0 Å². The van der Waals surface area contributed by atoms with E-state index in [1.807, 2.05) is 0 Å². The SMILES string of the molecule is NC(=O)CC[C@H](N)C(=O)N[C@@H](CS)C(=O)O.NCC(=O)O. The van der Waals surface area contributed by atoms with E-state index in [1.54, 1.807) is 0 Å². The van der Waals surface area contributed by atoms with E-state index < -0.39 is 35.8 Å². The Bertz CT molecular complexity index is 379. The average Bonchev–Trinajstić information content (AvgIpc) is 2.41. The highest BCUT2D eigenvalue weighted by molar-refractivity contribution is 7.80. The summed E-state index contributed by atoms with van der Waals surface area (Å²) in [6.07, 6.45) is 0.0628. The van der Waals surface area contributed by atoms with Crippen molar-refractivity contribution >= 4 is 36.4 Å². The van der Waals surface area contributed by atoms with E-state index in [4.69, 9.17) is 21.7 Å². The fourth-order valence-corrected chi connectivity index (χ4v) is 1.14. The molecule has 9 N–H and O–H groups in total. The number of nitrogens with two attached hydrogens (primary N) is 3. The molecule has 122 valence electrons. The smallest absolute Gasteiger partial charge is 0.327 e. The summed E-state index contributed by atoms with van der Waals surface area (Å²) >= 11 is 3.77. The summed E-state index contributed by atoms with van der Waals surface area (Å²) in [5.41, 5.74) is 14.9. The van der Waals surface area contributed by atoms with E-state index in [-0.39, 0.29) is 25.1 Å². The predicted molar refractivity (Wildman–Crippen MR) is 76.5 cm³/mol. The van der Waals surface area contributed by atoms with Gasteiger partial charge in [-0.3, -0.25) is 14.4 Å². The van der Waals surface area contributed by atoms with Crippen LogP contribution in [0.4, 0.5) is 0 Å². The van der Waals surface area contributed by atoms with Gasteiger partial charge in [-0.2, -0.15) is 12.6 Å². The lowest BCUT2D eigenvalue weighted by molar-refractivity contribution is -0.141. The van der Waals surface area contributed by atoms with Gasteiger partial charge < -0.3 is 32.7 Å². The zero-order valence-corrected chi connectivity index (χ0v) is 12.1. The Morgan fingerprint density at radius 2 is 1.67 bits per heavy atom. The molecule has 0 heterocycles. The third kappa shape index (κ3) is 12.9. The number of hydrogen-bond donors (Lipinski definition) is 7. The van der Waals surface area contributed by atoms with E-state index in [0.717, 1.165) is 0 Å². The summed E-state index contributed by atoms with van der Waals surface area (Å²) in [6, 6.07) is -2.04. The second-order valence-electron chi connectivity index (χ2n) is 3.79. The van der Waals surface area contributed by atoms with Crippen molar-refractivity contribution in [2.45, 2.75) is 24.9 Å². The number of carboxylic acid groups (broad SMARTS) is 2. The summed E-state index contributed by atoms with van der Waals surface area (Å²) in [4.78, 5) is 41.6. The number of thiol groups is 1. The molecule has 21 heavy (non-hydrogen) atoms. The second kappa shape index (κ2) is 11.9. The molecular weight excluding hydrogens is 304 g/mol. The molecule has 0 fully saturated rings. The third-order valence-corrected chi connectivity index (χ3v) is 2.38. The minimum Gasteiger partial charge on any atom is -0.480 e. The van der Waals surface area contributed by atoms with Gasteiger partial charge in [0.15, 0.2) is 0 Å². The van der Waals surface area contributed by atoms with Crippen LogP contribution < -0.4 is 22.5 Å². The van der Waals surface area contributed by atoms with Gasteiger partial charge in [-0.1, -0.05) is 0 Å². The molecule has 11 heteroatoms. The van der Waals surface area contributed by atoms with Crippen LogP contribution in [0.15, 0.2) is 0 Å². The number of hydrogen-bond acceptors (Lipinski definition) is 7. The molecule has 10 nitrogen and oxygen atoms in total. The van der Waals surface area contributed by atoms with Crippen LogP contribution in [0.3, 0.4) is 0 Å². The Morgan fingerprint density at radius 3 is 1.95 bits per heavy atom. The largest absolute Gasteiger partial charge is 0.480 e. The fourth-order valence-electron chi connectivity index (χ4n) is 0.893. The van der Waals surface area contributed by atoms with Crippen molar-refractivity contribution in [1.29, 1.82) is 0 Å². The highest BCUT2D eigenvalue weighted by Gasteiger charge is 2.21. The lowest BCUT2D eigenvalue weighted by atomic mass is 10.1. The van der Waals surface area contributed by atoms with Crippen LogP contribution in [0.25, 0.3) is 0 Å². The molecule has 0 radical (unpaired) electrons. The average molecular weight is 324 g/mol. The lowest BCUT2D eigenvalue weighted by Crippen LogP contribution is -2.49. The van der Waals surface area contributed by atoms with E-state index in [1.165, 1.54) is 0 Å². The summed E-state index contributed by atoms with van der Waals surface area (Å²) < 4.78 is 0. The van der Waals surface area contributed by atoms with Gasteiger partial charge in [-0.25, -0.2) is 4.79 Å². The molecule has 0 aromatic heterocycles. The van der Waals surface area contributed by atoms with E-state index in [0.29, 0.717) is 0 Å². The monoisotopic (exact) mass is 324 g/mol. The molecule has 0 bridgehead atoms. The topological polar surface area (TPSA) is 199 Å². The van der Waals surface area contributed by atoms with Crippen molar-refractivity contribution in [3.8, 4) is 0 Å². The quantitative estimate of drug-likeness (QED) is 0.231. The highest BCUT2D eigenvalue weighted by atomic mass is 32.1. The van der Waals surface area contributed by atoms with Crippen LogP contribution in [-0.2, 0) is 19.2 Å². The highest BCUT2D eigenvalue weighted by Crippen LogP contribution is 1.96. The maximum Gasteiger partial charge on any atom is 0.327 e. The van der Waals surface area contributed by atoms with Crippen molar-refractivity contribution in [2.24, 2.45) is 17.2 Å². The molecule has 0 unspecified atom stereocenters. The molecule has 0 aliphatic carbocycles. The Morgan fingerprint density at radius 1 is 1.19 bits per heavy atom. The van der Waals surface area contributed by atoms with Crippen molar-refractivity contribution in [3.63, 3.8) is 0 Å². The van der Waals surface area contributed by atoms with Crippen LogP contribution in [0.2, 0.25) is 0 Å². The molecule has 0 aliphatic heterocycles. The van der Waals surface area contributed by atoms with Crippen molar-refractivity contribution in [1.82, 2.24) is 5.32 Å². The van der Waals surface area contributed by atoms with Crippen LogP contribution in [0.5, 0.6) is 0 Å². The van der Waals surface area contributed by atoms with Crippen molar-refractivity contribution in [2.75, 3.05) is 12.3 Å². The maximum absolute atomic E-state index is 11.3. The Labute approximate surface area is 126 Å². The Balaban J connectivity index is 0. The van der Waals surface area contributed by atoms with Gasteiger partial charge in [0.05, 0.1) is 12.6 Å². The number of primary amides is 1. The molecular formula is C10H20N4O6S. The number of amides is 2. The summed E-state index contributed by atoms with van der Waals surface area (Å²) in [5.74, 6) is -3.39. The van der Waals surface area contributed by atoms with Gasteiger partial charge in [0.25, 0.3) is 0 Å². The molecule has 0 aromatic rings. The molecule has 0 saturated carbocycles. The standard InChI is InChI=1S/C8H15N3O4S.C2H5NO2/c9-4(1-2-6(10)12)7(13)11-5(3-16)8(14)15;3-1-2(4)5/h4-5,16H,1-3,9H2,(H2,10,12)(H,11,13)(H,14,15);1,3H2,(H,4,5)/t4-,5-;/m0./s1. The van der Waals surface area contributed by atoms with Crippen LogP contribution in [-0.4, -0.2) is 58.3 Å². The minimum atomic E-state index is -1.19. The zero-order chi connectivity index (χ0) is 17.0. The van der Waals surface area contributed by atoms with Crippen LogP contribution >= 0.6 is 12.6 Å².